The molecule has 0 aliphatic carbocycles. The number of likely N-dealkylation sites (tertiary alicyclic amines) is 1. The Kier molecular flexibility index (Phi) is 6.09. The lowest BCUT2D eigenvalue weighted by molar-refractivity contribution is -0.129. The molecule has 3 amide bonds. The van der Waals surface area contributed by atoms with Gasteiger partial charge in [0, 0.05) is 36.8 Å². The molecule has 146 valence electrons. The van der Waals surface area contributed by atoms with Gasteiger partial charge in [-0.1, -0.05) is 30.3 Å². The van der Waals surface area contributed by atoms with Crippen LogP contribution in [0.1, 0.15) is 36.2 Å². The van der Waals surface area contributed by atoms with E-state index in [0.717, 1.165) is 5.56 Å². The maximum atomic E-state index is 12.4. The summed E-state index contributed by atoms with van der Waals surface area (Å²) in [5.74, 6) is -0.669. The maximum absolute atomic E-state index is 12.4. The first-order chi connectivity index (χ1) is 13.4. The van der Waals surface area contributed by atoms with Gasteiger partial charge in [0.05, 0.1) is 5.92 Å². The van der Waals surface area contributed by atoms with Gasteiger partial charge in [0.1, 0.15) is 0 Å². The van der Waals surface area contributed by atoms with Crippen molar-refractivity contribution in [2.24, 2.45) is 5.92 Å². The van der Waals surface area contributed by atoms with Crippen molar-refractivity contribution in [1.82, 2.24) is 10.2 Å². The van der Waals surface area contributed by atoms with Gasteiger partial charge < -0.3 is 15.5 Å². The average Bonchev–Trinajstić information content (AvgIpc) is 3.10. The van der Waals surface area contributed by atoms with Gasteiger partial charge in [-0.25, -0.2) is 0 Å². The van der Waals surface area contributed by atoms with Crippen molar-refractivity contribution in [3.63, 3.8) is 0 Å². The maximum Gasteiger partial charge on any atom is 0.251 e. The standard InChI is InChI=1S/C22H25N3O3/c1-15(2)25-14-18(12-20(25)26)22(28)24-19-10-8-17(9-11-19)21(27)23-13-16-6-4-3-5-7-16/h3-11,15,18H,12-14H2,1-2H3,(H,23,27)(H,24,28). The number of amides is 3. The van der Waals surface area contributed by atoms with Gasteiger partial charge in [-0.2, -0.15) is 0 Å². The molecule has 0 bridgehead atoms. The van der Waals surface area contributed by atoms with Crippen LogP contribution in [0.2, 0.25) is 0 Å². The molecule has 1 aliphatic heterocycles. The van der Waals surface area contributed by atoms with E-state index < -0.39 is 0 Å². The number of nitrogens with one attached hydrogen (secondary N) is 2. The third-order valence-corrected chi connectivity index (χ3v) is 4.86. The Morgan fingerprint density at radius 2 is 1.75 bits per heavy atom. The molecule has 1 saturated heterocycles. The number of hydrogen-bond acceptors (Lipinski definition) is 3. The first-order valence-corrected chi connectivity index (χ1v) is 9.46. The van der Waals surface area contributed by atoms with Gasteiger partial charge >= 0.3 is 0 Å². The first-order valence-electron chi connectivity index (χ1n) is 9.46. The Morgan fingerprint density at radius 3 is 2.36 bits per heavy atom. The van der Waals surface area contributed by atoms with Crippen LogP contribution in [0, 0.1) is 5.92 Å². The molecule has 1 heterocycles. The van der Waals surface area contributed by atoms with E-state index >= 15 is 0 Å². The van der Waals surface area contributed by atoms with E-state index in [4.69, 9.17) is 0 Å². The summed E-state index contributed by atoms with van der Waals surface area (Å²) in [6, 6.07) is 16.5. The van der Waals surface area contributed by atoms with Crippen LogP contribution in [-0.2, 0) is 16.1 Å². The van der Waals surface area contributed by atoms with Crippen molar-refractivity contribution in [2.45, 2.75) is 32.9 Å². The van der Waals surface area contributed by atoms with E-state index in [0.29, 0.717) is 24.3 Å². The van der Waals surface area contributed by atoms with Gasteiger partial charge in [-0.3, -0.25) is 14.4 Å². The molecule has 1 fully saturated rings. The van der Waals surface area contributed by atoms with Gasteiger partial charge in [0.2, 0.25) is 11.8 Å². The quantitative estimate of drug-likeness (QED) is 0.810. The molecule has 2 aromatic rings. The molecule has 1 atom stereocenters. The summed E-state index contributed by atoms with van der Waals surface area (Å²) in [4.78, 5) is 38.4. The second-order valence-corrected chi connectivity index (χ2v) is 7.28. The van der Waals surface area contributed by atoms with Crippen LogP contribution in [0.5, 0.6) is 0 Å². The minimum atomic E-state index is -0.344. The first kappa shape index (κ1) is 19.6. The van der Waals surface area contributed by atoms with Gasteiger partial charge in [-0.15, -0.1) is 0 Å². The molecule has 1 aliphatic rings. The Hall–Kier alpha value is -3.15. The lowest BCUT2D eigenvalue weighted by Gasteiger charge is -2.20. The summed E-state index contributed by atoms with van der Waals surface area (Å²) in [7, 11) is 0. The minimum Gasteiger partial charge on any atom is -0.348 e. The lowest BCUT2D eigenvalue weighted by Crippen LogP contribution is -2.33. The predicted molar refractivity (Wildman–Crippen MR) is 108 cm³/mol. The monoisotopic (exact) mass is 379 g/mol. The smallest absolute Gasteiger partial charge is 0.251 e. The zero-order valence-electron chi connectivity index (χ0n) is 16.1. The van der Waals surface area contributed by atoms with E-state index in [1.807, 2.05) is 44.2 Å². The van der Waals surface area contributed by atoms with Crippen molar-refractivity contribution in [2.75, 3.05) is 11.9 Å². The van der Waals surface area contributed by atoms with Gasteiger partial charge in [0.25, 0.3) is 5.91 Å². The van der Waals surface area contributed by atoms with Crippen molar-refractivity contribution in [1.29, 1.82) is 0 Å². The fraction of sp³-hybridized carbons (Fsp3) is 0.318. The van der Waals surface area contributed by atoms with Gasteiger partial charge in [-0.05, 0) is 43.7 Å². The zero-order valence-corrected chi connectivity index (χ0v) is 16.1. The number of carbonyl (C=O) groups excluding carboxylic acids is 3. The minimum absolute atomic E-state index is 0.0144. The summed E-state index contributed by atoms with van der Waals surface area (Å²) < 4.78 is 0. The SMILES string of the molecule is CC(C)N1CC(C(=O)Nc2ccc(C(=O)NCc3ccccc3)cc2)CC1=O. The van der Waals surface area contributed by atoms with E-state index in [2.05, 4.69) is 10.6 Å². The second kappa shape index (κ2) is 8.69. The lowest BCUT2D eigenvalue weighted by atomic mass is 10.1. The van der Waals surface area contributed by atoms with E-state index in [1.54, 1.807) is 29.2 Å². The van der Waals surface area contributed by atoms with E-state index in [1.165, 1.54) is 0 Å². The highest BCUT2D eigenvalue weighted by Gasteiger charge is 2.35. The molecule has 3 rings (SSSR count). The largest absolute Gasteiger partial charge is 0.348 e. The Balaban J connectivity index is 1.53. The Bertz CT molecular complexity index is 847. The molecule has 0 spiro atoms. The molecule has 0 saturated carbocycles. The molecule has 2 aromatic carbocycles. The van der Waals surface area contributed by atoms with Crippen LogP contribution >= 0.6 is 0 Å². The third kappa shape index (κ3) is 4.76. The van der Waals surface area contributed by atoms with Crippen LogP contribution in [0.15, 0.2) is 54.6 Å². The van der Waals surface area contributed by atoms with E-state index in [9.17, 15) is 14.4 Å². The number of benzene rings is 2. The highest BCUT2D eigenvalue weighted by atomic mass is 16.2. The van der Waals surface area contributed by atoms with Crippen LogP contribution in [-0.4, -0.2) is 35.2 Å². The topological polar surface area (TPSA) is 78.5 Å². The highest BCUT2D eigenvalue weighted by Crippen LogP contribution is 2.22. The number of rotatable bonds is 6. The zero-order chi connectivity index (χ0) is 20.1. The fourth-order valence-corrected chi connectivity index (χ4v) is 3.24. The number of anilines is 1. The molecule has 6 nitrogen and oxygen atoms in total. The molecule has 2 N–H and O–H groups in total. The van der Waals surface area contributed by atoms with Crippen LogP contribution < -0.4 is 10.6 Å². The predicted octanol–water partition coefficient (Wildman–Crippen LogP) is 2.81. The molecule has 0 radical (unpaired) electrons. The van der Waals surface area contributed by atoms with Crippen LogP contribution in [0.25, 0.3) is 0 Å². The summed E-state index contributed by atoms with van der Waals surface area (Å²) in [6.07, 6.45) is 0.240. The number of hydrogen-bond donors (Lipinski definition) is 2. The second-order valence-electron chi connectivity index (χ2n) is 7.28. The fourth-order valence-electron chi connectivity index (χ4n) is 3.24. The molecular formula is C22H25N3O3. The van der Waals surface area contributed by atoms with Crippen molar-refractivity contribution in [3.05, 3.63) is 65.7 Å². The average molecular weight is 379 g/mol. The van der Waals surface area contributed by atoms with Crippen LogP contribution in [0.4, 0.5) is 5.69 Å². The summed E-state index contributed by atoms with van der Waals surface area (Å²) >= 11 is 0. The molecular weight excluding hydrogens is 354 g/mol. The van der Waals surface area contributed by atoms with Crippen LogP contribution in [0.3, 0.4) is 0 Å². The van der Waals surface area contributed by atoms with Gasteiger partial charge in [0.15, 0.2) is 0 Å². The molecule has 6 heteroatoms. The van der Waals surface area contributed by atoms with Crippen molar-refractivity contribution >= 4 is 23.4 Å². The molecule has 28 heavy (non-hydrogen) atoms. The summed E-state index contributed by atoms with van der Waals surface area (Å²) in [5.41, 5.74) is 2.16. The number of carbonyl (C=O) groups is 3. The summed E-state index contributed by atoms with van der Waals surface area (Å²) in [5, 5.41) is 5.71. The Morgan fingerprint density at radius 1 is 1.07 bits per heavy atom. The molecule has 0 aromatic heterocycles. The summed E-state index contributed by atoms with van der Waals surface area (Å²) in [6.45, 7) is 4.79. The Labute approximate surface area is 164 Å². The number of nitrogens with zero attached hydrogens (tertiary/aromatic N) is 1. The van der Waals surface area contributed by atoms with Crippen molar-refractivity contribution < 1.29 is 14.4 Å². The molecule has 1 unspecified atom stereocenters. The highest BCUT2D eigenvalue weighted by molar-refractivity contribution is 5.98. The normalized spacial score (nSPS) is 16.3. The third-order valence-electron chi connectivity index (χ3n) is 4.86. The van der Waals surface area contributed by atoms with E-state index in [-0.39, 0.29) is 36.1 Å². The van der Waals surface area contributed by atoms with Crippen molar-refractivity contribution in [3.8, 4) is 0 Å².